The molecule has 0 aromatic carbocycles. The molecule has 5 nitrogen and oxygen atoms in total. The van der Waals surface area contributed by atoms with Crippen LogP contribution >= 0.6 is 0 Å². The Morgan fingerprint density at radius 1 is 1.35 bits per heavy atom. The van der Waals surface area contributed by atoms with Gasteiger partial charge in [0.2, 0.25) is 10.0 Å². The van der Waals surface area contributed by atoms with Gasteiger partial charge in [-0.15, -0.1) is 6.58 Å². The summed E-state index contributed by atoms with van der Waals surface area (Å²) in [6, 6.07) is 0. The number of aryl methyl sites for hydroxylation is 2. The van der Waals surface area contributed by atoms with Crippen molar-refractivity contribution < 1.29 is 12.8 Å². The quantitative estimate of drug-likeness (QED) is 0.590. The molecule has 0 saturated carbocycles. The Kier molecular flexibility index (Phi) is 5.98. The number of hydrogen-bond donors (Lipinski definition) is 1. The van der Waals surface area contributed by atoms with Crippen molar-refractivity contribution in [1.82, 2.24) is 9.62 Å². The van der Waals surface area contributed by atoms with Gasteiger partial charge in [-0.3, -0.25) is 0 Å². The van der Waals surface area contributed by atoms with E-state index in [1.54, 1.807) is 27.0 Å². The van der Waals surface area contributed by atoms with E-state index in [1.165, 1.54) is 4.31 Å². The summed E-state index contributed by atoms with van der Waals surface area (Å²) in [5.74, 6) is 1.09. The van der Waals surface area contributed by atoms with Gasteiger partial charge in [0, 0.05) is 25.7 Å². The Balaban J connectivity index is 3.19. The average molecular weight is 300 g/mol. The molecule has 0 bridgehead atoms. The van der Waals surface area contributed by atoms with Crippen molar-refractivity contribution in [2.24, 2.45) is 0 Å². The highest BCUT2D eigenvalue weighted by molar-refractivity contribution is 7.89. The van der Waals surface area contributed by atoms with Gasteiger partial charge in [0.25, 0.3) is 0 Å². The van der Waals surface area contributed by atoms with E-state index in [0.29, 0.717) is 23.6 Å². The van der Waals surface area contributed by atoms with Crippen molar-refractivity contribution in [3.05, 3.63) is 29.7 Å². The minimum Gasteiger partial charge on any atom is -0.465 e. The van der Waals surface area contributed by atoms with Crippen molar-refractivity contribution in [2.45, 2.75) is 38.6 Å². The monoisotopic (exact) mass is 300 g/mol. The van der Waals surface area contributed by atoms with Crippen LogP contribution in [-0.2, 0) is 16.6 Å². The molecule has 0 atom stereocenters. The van der Waals surface area contributed by atoms with Crippen molar-refractivity contribution >= 4 is 10.0 Å². The highest BCUT2D eigenvalue weighted by atomic mass is 32.2. The van der Waals surface area contributed by atoms with E-state index in [4.69, 9.17) is 4.42 Å². The molecule has 0 fully saturated rings. The molecule has 0 aliphatic heterocycles. The first-order chi connectivity index (χ1) is 9.36. The minimum absolute atomic E-state index is 0.272. The van der Waals surface area contributed by atoms with Gasteiger partial charge in [-0.1, -0.05) is 13.0 Å². The lowest BCUT2D eigenvalue weighted by molar-refractivity contribution is 0.481. The number of rotatable bonds is 8. The standard InChI is InChI=1S/C14H24N2O3S/c1-6-8-15-10-13-11(3)19-12(4)14(13)20(17,18)16(5)9-7-2/h7,15H,2,6,8-10H2,1,3-5H3. The van der Waals surface area contributed by atoms with Crippen molar-refractivity contribution in [3.8, 4) is 0 Å². The van der Waals surface area contributed by atoms with Gasteiger partial charge in [0.15, 0.2) is 0 Å². The van der Waals surface area contributed by atoms with Gasteiger partial charge in [0.1, 0.15) is 16.4 Å². The van der Waals surface area contributed by atoms with Crippen LogP contribution in [0, 0.1) is 13.8 Å². The van der Waals surface area contributed by atoms with E-state index in [-0.39, 0.29) is 11.4 Å². The second-order valence-electron chi connectivity index (χ2n) is 4.77. The fourth-order valence-electron chi connectivity index (χ4n) is 2.08. The number of furan rings is 1. The number of nitrogens with zero attached hydrogens (tertiary/aromatic N) is 1. The minimum atomic E-state index is -3.55. The van der Waals surface area contributed by atoms with Crippen LogP contribution in [0.25, 0.3) is 0 Å². The molecule has 0 amide bonds. The normalized spacial score (nSPS) is 12.1. The van der Waals surface area contributed by atoms with Crippen LogP contribution in [0.2, 0.25) is 0 Å². The number of hydrogen-bond acceptors (Lipinski definition) is 4. The van der Waals surface area contributed by atoms with Crippen molar-refractivity contribution in [2.75, 3.05) is 20.1 Å². The van der Waals surface area contributed by atoms with Gasteiger partial charge in [-0.05, 0) is 26.8 Å². The highest BCUT2D eigenvalue weighted by Crippen LogP contribution is 2.28. The van der Waals surface area contributed by atoms with Gasteiger partial charge < -0.3 is 9.73 Å². The van der Waals surface area contributed by atoms with E-state index >= 15 is 0 Å². The Hall–Kier alpha value is -1.11. The zero-order valence-electron chi connectivity index (χ0n) is 12.7. The third-order valence-electron chi connectivity index (χ3n) is 3.11. The Bertz CT molecular complexity index is 561. The van der Waals surface area contributed by atoms with Crippen molar-refractivity contribution in [3.63, 3.8) is 0 Å². The zero-order chi connectivity index (χ0) is 15.3. The Labute approximate surface area is 121 Å². The van der Waals surface area contributed by atoms with E-state index in [9.17, 15) is 8.42 Å². The zero-order valence-corrected chi connectivity index (χ0v) is 13.5. The van der Waals surface area contributed by atoms with Crippen LogP contribution in [-0.4, -0.2) is 32.9 Å². The largest absolute Gasteiger partial charge is 0.465 e. The van der Waals surface area contributed by atoms with Gasteiger partial charge in [0.05, 0.1) is 0 Å². The van der Waals surface area contributed by atoms with Crippen LogP contribution < -0.4 is 5.32 Å². The van der Waals surface area contributed by atoms with Crippen LogP contribution in [0.3, 0.4) is 0 Å². The molecule has 0 aliphatic carbocycles. The van der Waals surface area contributed by atoms with E-state index in [2.05, 4.69) is 18.8 Å². The van der Waals surface area contributed by atoms with Gasteiger partial charge in [-0.2, -0.15) is 4.31 Å². The molecule has 114 valence electrons. The maximum absolute atomic E-state index is 12.6. The van der Waals surface area contributed by atoms with Gasteiger partial charge >= 0.3 is 0 Å². The maximum Gasteiger partial charge on any atom is 0.246 e. The van der Waals surface area contributed by atoms with Crippen LogP contribution in [0.5, 0.6) is 0 Å². The summed E-state index contributed by atoms with van der Waals surface area (Å²) in [5.41, 5.74) is 0.715. The Morgan fingerprint density at radius 2 is 2.00 bits per heavy atom. The second kappa shape index (κ2) is 7.06. The van der Waals surface area contributed by atoms with E-state index < -0.39 is 10.0 Å². The smallest absolute Gasteiger partial charge is 0.246 e. The summed E-state index contributed by atoms with van der Waals surface area (Å²) in [5, 5.41) is 3.23. The summed E-state index contributed by atoms with van der Waals surface area (Å²) >= 11 is 0. The topological polar surface area (TPSA) is 62.6 Å². The first kappa shape index (κ1) is 16.9. The molecule has 1 rings (SSSR count). The molecule has 1 aromatic rings. The predicted molar refractivity (Wildman–Crippen MR) is 80.2 cm³/mol. The summed E-state index contributed by atoms with van der Waals surface area (Å²) < 4.78 is 32.0. The molecule has 1 aromatic heterocycles. The molecule has 6 heteroatoms. The number of nitrogens with one attached hydrogen (secondary N) is 1. The predicted octanol–water partition coefficient (Wildman–Crippen LogP) is 2.20. The fraction of sp³-hybridized carbons (Fsp3) is 0.571. The lowest BCUT2D eigenvalue weighted by Gasteiger charge is -2.16. The lowest BCUT2D eigenvalue weighted by atomic mass is 10.2. The molecule has 20 heavy (non-hydrogen) atoms. The third-order valence-corrected chi connectivity index (χ3v) is 5.13. The summed E-state index contributed by atoms with van der Waals surface area (Å²) in [6.07, 6.45) is 2.56. The second-order valence-corrected chi connectivity index (χ2v) is 6.75. The molecule has 0 unspecified atom stereocenters. The van der Waals surface area contributed by atoms with Gasteiger partial charge in [-0.25, -0.2) is 8.42 Å². The molecule has 0 saturated heterocycles. The van der Waals surface area contributed by atoms with Crippen LogP contribution in [0.1, 0.15) is 30.4 Å². The van der Waals surface area contributed by atoms with Crippen LogP contribution in [0.4, 0.5) is 0 Å². The summed E-state index contributed by atoms with van der Waals surface area (Å²) in [6.45, 7) is 10.7. The number of sulfonamides is 1. The molecule has 0 spiro atoms. The molecular weight excluding hydrogens is 276 g/mol. The first-order valence-electron chi connectivity index (χ1n) is 6.73. The molecule has 1 N–H and O–H groups in total. The van der Waals surface area contributed by atoms with E-state index in [1.807, 2.05) is 0 Å². The Morgan fingerprint density at radius 3 is 2.55 bits per heavy atom. The molecular formula is C14H24N2O3S. The maximum atomic E-state index is 12.6. The molecule has 1 heterocycles. The molecule has 0 radical (unpaired) electrons. The first-order valence-corrected chi connectivity index (χ1v) is 8.17. The fourth-order valence-corrected chi connectivity index (χ4v) is 3.62. The lowest BCUT2D eigenvalue weighted by Crippen LogP contribution is -2.28. The average Bonchev–Trinajstić information content (AvgIpc) is 2.65. The van der Waals surface area contributed by atoms with Crippen LogP contribution in [0.15, 0.2) is 22.0 Å². The highest BCUT2D eigenvalue weighted by Gasteiger charge is 2.29. The molecule has 0 aliphatic rings. The van der Waals surface area contributed by atoms with Crippen molar-refractivity contribution in [1.29, 1.82) is 0 Å². The third kappa shape index (κ3) is 3.50. The number of likely N-dealkylation sites (N-methyl/N-ethyl adjacent to an activating group) is 1. The SMILES string of the molecule is C=CCN(C)S(=O)(=O)c1c(C)oc(C)c1CNCCC. The summed E-state index contributed by atoms with van der Waals surface area (Å²) in [7, 11) is -2.01. The van der Waals surface area contributed by atoms with E-state index in [0.717, 1.165) is 13.0 Å². The summed E-state index contributed by atoms with van der Waals surface area (Å²) in [4.78, 5) is 0.281.